The molecule has 0 amide bonds. The lowest BCUT2D eigenvalue weighted by atomic mass is 9.97. The summed E-state index contributed by atoms with van der Waals surface area (Å²) < 4.78 is 4.86. The number of carbonyl (C=O) groups excluding carboxylic acids is 2. The second kappa shape index (κ2) is 7.93. The number of ether oxygens (including phenoxy) is 1. The second-order valence-corrected chi connectivity index (χ2v) is 4.74. The van der Waals surface area contributed by atoms with Crippen molar-refractivity contribution in [2.75, 3.05) is 6.61 Å². The summed E-state index contributed by atoms with van der Waals surface area (Å²) in [5.74, 6) is -0.740. The van der Waals surface area contributed by atoms with E-state index < -0.39 is 5.97 Å². The minimum absolute atomic E-state index is 0.242. The molecule has 0 heterocycles. The Morgan fingerprint density at radius 1 is 0.955 bits per heavy atom. The molecule has 0 unspecified atom stereocenters. The monoisotopic (exact) mass is 294 g/mol. The van der Waals surface area contributed by atoms with E-state index in [2.05, 4.69) is 0 Å². The van der Waals surface area contributed by atoms with E-state index in [0.717, 1.165) is 11.1 Å². The quantitative estimate of drug-likeness (QED) is 0.353. The van der Waals surface area contributed by atoms with Gasteiger partial charge in [0.25, 0.3) is 0 Å². The Morgan fingerprint density at radius 2 is 1.55 bits per heavy atom. The van der Waals surface area contributed by atoms with Gasteiger partial charge in [-0.15, -0.1) is 0 Å². The number of Topliss-reactive ketones (excluding diaryl/α,β-unsaturated/α-hetero) is 1. The zero-order chi connectivity index (χ0) is 15.8. The first-order valence-corrected chi connectivity index (χ1v) is 7.21. The Bertz CT molecular complexity index is 658. The molecule has 2 rings (SSSR count). The van der Waals surface area contributed by atoms with Crippen LogP contribution in [0.25, 0.3) is 11.6 Å². The van der Waals surface area contributed by atoms with E-state index in [1.165, 1.54) is 0 Å². The fraction of sp³-hybridized carbons (Fsp3) is 0.158. The first kappa shape index (κ1) is 15.7. The smallest absolute Gasteiger partial charge is 0.313 e. The van der Waals surface area contributed by atoms with Gasteiger partial charge in [0.2, 0.25) is 0 Å². The lowest BCUT2D eigenvalue weighted by Gasteiger charge is -2.07. The van der Waals surface area contributed by atoms with Gasteiger partial charge in [0.05, 0.1) is 6.61 Å². The molecule has 0 saturated carbocycles. The van der Waals surface area contributed by atoms with E-state index in [-0.39, 0.29) is 18.8 Å². The Hall–Kier alpha value is -2.68. The molecule has 0 spiro atoms. The Balaban J connectivity index is 2.32. The first-order chi connectivity index (χ1) is 10.7. The fourth-order valence-corrected chi connectivity index (χ4v) is 2.10. The van der Waals surface area contributed by atoms with Crippen LogP contribution in [0.4, 0.5) is 0 Å². The molecule has 0 saturated heterocycles. The summed E-state index contributed by atoms with van der Waals surface area (Å²) in [5, 5.41) is 0. The predicted molar refractivity (Wildman–Crippen MR) is 87.0 cm³/mol. The van der Waals surface area contributed by atoms with Crippen molar-refractivity contribution in [2.45, 2.75) is 13.3 Å². The molecule has 2 aromatic rings. The summed E-state index contributed by atoms with van der Waals surface area (Å²) in [7, 11) is 0. The van der Waals surface area contributed by atoms with Crippen LogP contribution in [0.5, 0.6) is 0 Å². The van der Waals surface area contributed by atoms with E-state index in [1.807, 2.05) is 60.7 Å². The lowest BCUT2D eigenvalue weighted by Crippen LogP contribution is -2.12. The number of allylic oxidation sites excluding steroid dienone is 1. The lowest BCUT2D eigenvalue weighted by molar-refractivity contribution is -0.144. The highest BCUT2D eigenvalue weighted by atomic mass is 16.5. The average molecular weight is 294 g/mol. The maximum absolute atomic E-state index is 12.5. The van der Waals surface area contributed by atoms with Crippen LogP contribution in [0, 0.1) is 0 Å². The third kappa shape index (κ3) is 4.42. The Kier molecular flexibility index (Phi) is 5.66. The van der Waals surface area contributed by atoms with Gasteiger partial charge < -0.3 is 4.74 Å². The van der Waals surface area contributed by atoms with Crippen molar-refractivity contribution in [3.63, 3.8) is 0 Å². The largest absolute Gasteiger partial charge is 0.466 e. The van der Waals surface area contributed by atoms with Crippen molar-refractivity contribution in [2.24, 2.45) is 0 Å². The molecular formula is C19H18O3. The molecule has 0 aliphatic heterocycles. The van der Waals surface area contributed by atoms with Crippen molar-refractivity contribution < 1.29 is 14.3 Å². The van der Waals surface area contributed by atoms with Crippen LogP contribution in [0.1, 0.15) is 24.5 Å². The molecule has 0 radical (unpaired) electrons. The normalized spacial score (nSPS) is 11.0. The maximum Gasteiger partial charge on any atom is 0.313 e. The molecule has 0 atom stereocenters. The summed E-state index contributed by atoms with van der Waals surface area (Å²) in [6, 6.07) is 18.9. The number of hydrogen-bond acceptors (Lipinski definition) is 3. The van der Waals surface area contributed by atoms with Gasteiger partial charge >= 0.3 is 5.97 Å². The van der Waals surface area contributed by atoms with Gasteiger partial charge in [-0.1, -0.05) is 60.7 Å². The second-order valence-electron chi connectivity index (χ2n) is 4.74. The summed E-state index contributed by atoms with van der Waals surface area (Å²) >= 11 is 0. The summed E-state index contributed by atoms with van der Waals surface area (Å²) in [4.78, 5) is 24.0. The number of rotatable bonds is 6. The van der Waals surface area contributed by atoms with Crippen LogP contribution in [0.15, 0.2) is 60.7 Å². The van der Waals surface area contributed by atoms with Gasteiger partial charge in [-0.05, 0) is 24.1 Å². The van der Waals surface area contributed by atoms with E-state index in [9.17, 15) is 9.59 Å². The zero-order valence-electron chi connectivity index (χ0n) is 12.5. The van der Waals surface area contributed by atoms with Gasteiger partial charge in [-0.2, -0.15) is 0 Å². The number of hydrogen-bond donors (Lipinski definition) is 0. The highest BCUT2D eigenvalue weighted by Gasteiger charge is 2.16. The van der Waals surface area contributed by atoms with Gasteiger partial charge in [-0.3, -0.25) is 9.59 Å². The van der Waals surface area contributed by atoms with Crippen LogP contribution in [0.3, 0.4) is 0 Å². The fourth-order valence-electron chi connectivity index (χ4n) is 2.10. The Labute approximate surface area is 130 Å². The summed E-state index contributed by atoms with van der Waals surface area (Å²) in [6.07, 6.45) is 1.55. The molecule has 0 aliphatic rings. The molecule has 22 heavy (non-hydrogen) atoms. The van der Waals surface area contributed by atoms with Crippen molar-refractivity contribution in [3.8, 4) is 0 Å². The molecule has 0 fully saturated rings. The van der Waals surface area contributed by atoms with Crippen molar-refractivity contribution in [1.29, 1.82) is 0 Å². The summed E-state index contributed by atoms with van der Waals surface area (Å²) in [6.45, 7) is 2.00. The molecular weight excluding hydrogens is 276 g/mol. The van der Waals surface area contributed by atoms with Crippen molar-refractivity contribution in [3.05, 3.63) is 71.8 Å². The van der Waals surface area contributed by atoms with E-state index in [4.69, 9.17) is 4.74 Å². The van der Waals surface area contributed by atoms with Crippen molar-refractivity contribution >= 4 is 23.4 Å². The van der Waals surface area contributed by atoms with Gasteiger partial charge in [-0.25, -0.2) is 0 Å². The standard InChI is InChI=1S/C19H18O3/c1-2-22-19(21)14-18(20)17(16-11-7-4-8-12-16)13-15-9-5-3-6-10-15/h3-13H,2,14H2,1H3. The average Bonchev–Trinajstić information content (AvgIpc) is 2.54. The topological polar surface area (TPSA) is 43.4 Å². The molecule has 3 nitrogen and oxygen atoms in total. The number of carbonyl (C=O) groups is 2. The SMILES string of the molecule is CCOC(=O)CC(=O)C(=Cc1ccccc1)c1ccccc1. The molecule has 0 bridgehead atoms. The van der Waals surface area contributed by atoms with Gasteiger partial charge in [0, 0.05) is 5.57 Å². The molecule has 112 valence electrons. The molecule has 0 N–H and O–H groups in total. The number of benzene rings is 2. The van der Waals surface area contributed by atoms with E-state index >= 15 is 0 Å². The van der Waals surface area contributed by atoms with E-state index in [1.54, 1.807) is 13.0 Å². The molecule has 3 heteroatoms. The highest BCUT2D eigenvalue weighted by Crippen LogP contribution is 2.20. The third-order valence-corrected chi connectivity index (χ3v) is 3.11. The Morgan fingerprint density at radius 3 is 2.14 bits per heavy atom. The van der Waals surface area contributed by atoms with Crippen LogP contribution >= 0.6 is 0 Å². The van der Waals surface area contributed by atoms with Crippen LogP contribution < -0.4 is 0 Å². The molecule has 2 aromatic carbocycles. The van der Waals surface area contributed by atoms with Gasteiger partial charge in [0.15, 0.2) is 5.78 Å². The highest BCUT2D eigenvalue weighted by molar-refractivity contribution is 6.28. The first-order valence-electron chi connectivity index (χ1n) is 7.21. The maximum atomic E-state index is 12.5. The third-order valence-electron chi connectivity index (χ3n) is 3.11. The minimum Gasteiger partial charge on any atom is -0.466 e. The predicted octanol–water partition coefficient (Wildman–Crippen LogP) is 3.75. The number of ketones is 1. The van der Waals surface area contributed by atoms with Gasteiger partial charge in [0.1, 0.15) is 6.42 Å². The molecule has 0 aromatic heterocycles. The zero-order valence-corrected chi connectivity index (χ0v) is 12.5. The summed E-state index contributed by atoms with van der Waals surface area (Å²) in [5.41, 5.74) is 2.22. The number of esters is 1. The van der Waals surface area contributed by atoms with Crippen molar-refractivity contribution in [1.82, 2.24) is 0 Å². The molecule has 0 aliphatic carbocycles. The minimum atomic E-state index is -0.498. The van der Waals surface area contributed by atoms with E-state index in [0.29, 0.717) is 5.57 Å². The van der Waals surface area contributed by atoms with Crippen LogP contribution in [-0.4, -0.2) is 18.4 Å². The van der Waals surface area contributed by atoms with Crippen LogP contribution in [0.2, 0.25) is 0 Å². The van der Waals surface area contributed by atoms with Crippen LogP contribution in [-0.2, 0) is 14.3 Å².